The Balaban J connectivity index is 1.70. The minimum absolute atomic E-state index is 0.735. The van der Waals surface area contributed by atoms with E-state index in [9.17, 15) is 0 Å². The Morgan fingerprint density at radius 2 is 2.33 bits per heavy atom. The van der Waals surface area contributed by atoms with E-state index in [1.165, 1.54) is 25.0 Å². The second-order valence-electron chi connectivity index (χ2n) is 5.34. The molecule has 0 amide bonds. The van der Waals surface area contributed by atoms with E-state index in [0.29, 0.717) is 0 Å². The molecule has 1 aliphatic rings. The zero-order chi connectivity index (χ0) is 12.5. The van der Waals surface area contributed by atoms with Crippen LogP contribution < -0.4 is 5.32 Å². The summed E-state index contributed by atoms with van der Waals surface area (Å²) in [5, 5.41) is 3.67. The largest absolute Gasteiger partial charge is 0.308 e. The summed E-state index contributed by atoms with van der Waals surface area (Å²) in [5.74, 6) is 0.912. The van der Waals surface area contributed by atoms with E-state index >= 15 is 0 Å². The Hall–Kier alpha value is -1.35. The van der Waals surface area contributed by atoms with E-state index in [1.54, 1.807) is 0 Å². The van der Waals surface area contributed by atoms with E-state index in [1.807, 2.05) is 6.07 Å². The van der Waals surface area contributed by atoms with E-state index in [2.05, 4.69) is 46.9 Å². The molecule has 1 saturated carbocycles. The summed E-state index contributed by atoms with van der Waals surface area (Å²) in [7, 11) is 0. The molecular weight excluding hydrogens is 222 g/mol. The number of rotatable bonds is 5. The number of nitrogens with zero attached hydrogens (tertiary/aromatic N) is 2. The minimum Gasteiger partial charge on any atom is -0.308 e. The number of nitrogens with one attached hydrogen (secondary N) is 1. The molecule has 2 atom stereocenters. The molecule has 1 aliphatic carbocycles. The van der Waals surface area contributed by atoms with Gasteiger partial charge in [-0.3, -0.25) is 0 Å². The molecule has 2 heterocycles. The van der Waals surface area contributed by atoms with Crippen molar-refractivity contribution in [1.29, 1.82) is 0 Å². The van der Waals surface area contributed by atoms with Crippen molar-refractivity contribution in [2.24, 2.45) is 5.92 Å². The van der Waals surface area contributed by atoms with Gasteiger partial charge in [0.15, 0.2) is 0 Å². The first kappa shape index (κ1) is 11.7. The lowest BCUT2D eigenvalue weighted by atomic mass is 10.2. The number of hydrogen-bond donors (Lipinski definition) is 1. The fourth-order valence-electron chi connectivity index (χ4n) is 2.79. The lowest BCUT2D eigenvalue weighted by Crippen LogP contribution is -2.19. The van der Waals surface area contributed by atoms with Crippen LogP contribution in [-0.2, 0) is 6.54 Å². The lowest BCUT2D eigenvalue weighted by Gasteiger charge is -2.05. The highest BCUT2D eigenvalue weighted by molar-refractivity contribution is 5.42. The van der Waals surface area contributed by atoms with Gasteiger partial charge in [0.05, 0.1) is 11.4 Å². The first-order valence-electron chi connectivity index (χ1n) is 6.95. The van der Waals surface area contributed by atoms with Crippen LogP contribution in [0.5, 0.6) is 0 Å². The molecule has 18 heavy (non-hydrogen) atoms. The van der Waals surface area contributed by atoms with Gasteiger partial charge >= 0.3 is 0 Å². The van der Waals surface area contributed by atoms with Gasteiger partial charge in [0, 0.05) is 18.8 Å². The van der Waals surface area contributed by atoms with Crippen LogP contribution in [0.2, 0.25) is 0 Å². The molecule has 3 rings (SSSR count). The molecule has 0 saturated heterocycles. The number of aryl methyl sites for hydroxylation is 1. The summed E-state index contributed by atoms with van der Waals surface area (Å²) in [4.78, 5) is 4.59. The minimum atomic E-state index is 0.735. The fourth-order valence-corrected chi connectivity index (χ4v) is 2.79. The van der Waals surface area contributed by atoms with Crippen molar-refractivity contribution < 1.29 is 0 Å². The molecule has 1 N–H and O–H groups in total. The SMILES string of the molecule is CCCC1CC1NCc1c(C)nc2ccccn12. The fraction of sp³-hybridized carbons (Fsp3) is 0.533. The summed E-state index contributed by atoms with van der Waals surface area (Å²) in [6.45, 7) is 5.30. The molecule has 0 bridgehead atoms. The molecule has 0 aliphatic heterocycles. The van der Waals surface area contributed by atoms with Crippen molar-refractivity contribution in [3.63, 3.8) is 0 Å². The predicted octanol–water partition coefficient (Wildman–Crippen LogP) is 2.92. The van der Waals surface area contributed by atoms with Gasteiger partial charge in [-0.25, -0.2) is 4.98 Å². The molecule has 0 radical (unpaired) electrons. The Bertz CT molecular complexity index is 544. The third-order valence-corrected chi connectivity index (χ3v) is 3.94. The Morgan fingerprint density at radius 1 is 1.44 bits per heavy atom. The van der Waals surface area contributed by atoms with Gasteiger partial charge in [0.1, 0.15) is 5.65 Å². The number of fused-ring (bicyclic) bond motifs is 1. The smallest absolute Gasteiger partial charge is 0.137 e. The van der Waals surface area contributed by atoms with Crippen LogP contribution in [0.3, 0.4) is 0 Å². The second kappa shape index (κ2) is 4.73. The summed E-state index contributed by atoms with van der Waals surface area (Å²) >= 11 is 0. The molecule has 0 aromatic carbocycles. The Kier molecular flexibility index (Phi) is 3.08. The summed E-state index contributed by atoms with van der Waals surface area (Å²) in [6.07, 6.45) is 6.12. The van der Waals surface area contributed by atoms with Crippen LogP contribution in [0, 0.1) is 12.8 Å². The van der Waals surface area contributed by atoms with Crippen molar-refractivity contribution in [3.05, 3.63) is 35.8 Å². The highest BCUT2D eigenvalue weighted by Crippen LogP contribution is 2.34. The average Bonchev–Trinajstić information content (AvgIpc) is 3.02. The number of pyridine rings is 1. The van der Waals surface area contributed by atoms with Crippen LogP contribution in [0.1, 0.15) is 37.6 Å². The van der Waals surface area contributed by atoms with Crippen LogP contribution in [-0.4, -0.2) is 15.4 Å². The standard InChI is InChI=1S/C15H21N3/c1-3-6-12-9-13(12)16-10-14-11(2)17-15-7-4-5-8-18(14)15/h4-5,7-8,12-13,16H,3,6,9-10H2,1-2H3. The Labute approximate surface area is 108 Å². The highest BCUT2D eigenvalue weighted by atomic mass is 15.1. The summed E-state index contributed by atoms with van der Waals surface area (Å²) in [5.41, 5.74) is 3.49. The van der Waals surface area contributed by atoms with Gasteiger partial charge in [-0.1, -0.05) is 19.4 Å². The van der Waals surface area contributed by atoms with Crippen LogP contribution in [0.4, 0.5) is 0 Å². The molecule has 2 aromatic heterocycles. The maximum absolute atomic E-state index is 4.59. The van der Waals surface area contributed by atoms with Gasteiger partial charge < -0.3 is 9.72 Å². The predicted molar refractivity (Wildman–Crippen MR) is 73.6 cm³/mol. The lowest BCUT2D eigenvalue weighted by molar-refractivity contribution is 0.591. The van der Waals surface area contributed by atoms with Gasteiger partial charge in [-0.15, -0.1) is 0 Å². The van der Waals surface area contributed by atoms with Crippen molar-refractivity contribution in [2.75, 3.05) is 0 Å². The third-order valence-electron chi connectivity index (χ3n) is 3.94. The Morgan fingerprint density at radius 3 is 3.17 bits per heavy atom. The highest BCUT2D eigenvalue weighted by Gasteiger charge is 2.35. The van der Waals surface area contributed by atoms with E-state index < -0.39 is 0 Å². The summed E-state index contributed by atoms with van der Waals surface area (Å²) in [6, 6.07) is 6.90. The van der Waals surface area contributed by atoms with Crippen molar-refractivity contribution >= 4 is 5.65 Å². The van der Waals surface area contributed by atoms with Gasteiger partial charge in [0.25, 0.3) is 0 Å². The van der Waals surface area contributed by atoms with Gasteiger partial charge in [0.2, 0.25) is 0 Å². The monoisotopic (exact) mass is 243 g/mol. The topological polar surface area (TPSA) is 29.3 Å². The molecule has 3 nitrogen and oxygen atoms in total. The molecule has 2 unspecified atom stereocenters. The van der Waals surface area contributed by atoms with E-state index in [-0.39, 0.29) is 0 Å². The zero-order valence-corrected chi connectivity index (χ0v) is 11.2. The number of aromatic nitrogens is 2. The first-order chi connectivity index (χ1) is 8.79. The molecular formula is C15H21N3. The maximum Gasteiger partial charge on any atom is 0.137 e. The van der Waals surface area contributed by atoms with Crippen molar-refractivity contribution in [3.8, 4) is 0 Å². The normalized spacial score (nSPS) is 22.6. The second-order valence-corrected chi connectivity index (χ2v) is 5.34. The van der Waals surface area contributed by atoms with Crippen LogP contribution in [0.15, 0.2) is 24.4 Å². The number of hydrogen-bond acceptors (Lipinski definition) is 2. The van der Waals surface area contributed by atoms with Crippen molar-refractivity contribution in [2.45, 2.75) is 45.7 Å². The summed E-state index contributed by atoms with van der Waals surface area (Å²) < 4.78 is 2.19. The zero-order valence-electron chi connectivity index (χ0n) is 11.2. The number of imidazole rings is 1. The van der Waals surface area contributed by atoms with Crippen LogP contribution >= 0.6 is 0 Å². The van der Waals surface area contributed by atoms with Crippen molar-refractivity contribution in [1.82, 2.24) is 14.7 Å². The average molecular weight is 243 g/mol. The molecule has 2 aromatic rings. The van der Waals surface area contributed by atoms with Crippen LogP contribution in [0.25, 0.3) is 5.65 Å². The van der Waals surface area contributed by atoms with Gasteiger partial charge in [-0.05, 0) is 37.8 Å². The quantitative estimate of drug-likeness (QED) is 0.875. The molecule has 3 heteroatoms. The maximum atomic E-state index is 4.59. The molecule has 0 spiro atoms. The molecule has 1 fully saturated rings. The van der Waals surface area contributed by atoms with Gasteiger partial charge in [-0.2, -0.15) is 0 Å². The molecule has 96 valence electrons. The third kappa shape index (κ3) is 2.15. The van der Waals surface area contributed by atoms with E-state index in [4.69, 9.17) is 0 Å². The first-order valence-corrected chi connectivity index (χ1v) is 6.95. The van der Waals surface area contributed by atoms with E-state index in [0.717, 1.165) is 29.8 Å².